The van der Waals surface area contributed by atoms with Gasteiger partial charge in [-0.05, 0) is 56.5 Å². The van der Waals surface area contributed by atoms with Crippen molar-refractivity contribution in [3.8, 4) is 11.6 Å². The third-order valence-electron chi connectivity index (χ3n) is 4.65. The summed E-state index contributed by atoms with van der Waals surface area (Å²) in [7, 11) is 0. The number of nitrogens with zero attached hydrogens (tertiary/aromatic N) is 2. The Hall–Kier alpha value is -2.89. The van der Waals surface area contributed by atoms with Crippen molar-refractivity contribution >= 4 is 17.6 Å². The number of hydrogen-bond donors (Lipinski definition) is 1. The lowest BCUT2D eigenvalue weighted by Crippen LogP contribution is -2.43. The maximum atomic E-state index is 12.6. The molecule has 1 aliphatic rings. The summed E-state index contributed by atoms with van der Waals surface area (Å²) in [5, 5.41) is 2.74. The SMILES string of the molecule is CC[C@@]1(C)NC(=O)N(c2ccnc(Oc3ccc(C)c(C)c3)c2)C1=O. The number of imide groups is 1. The minimum atomic E-state index is -0.880. The van der Waals surface area contributed by atoms with Crippen molar-refractivity contribution in [2.45, 2.75) is 39.7 Å². The maximum Gasteiger partial charge on any atom is 0.329 e. The highest BCUT2D eigenvalue weighted by molar-refractivity contribution is 6.23. The number of nitrogens with one attached hydrogen (secondary N) is 1. The molecule has 0 aliphatic carbocycles. The largest absolute Gasteiger partial charge is 0.439 e. The summed E-state index contributed by atoms with van der Waals surface area (Å²) < 4.78 is 5.78. The predicted molar refractivity (Wildman–Crippen MR) is 94.9 cm³/mol. The second-order valence-electron chi connectivity index (χ2n) is 6.46. The number of urea groups is 1. The van der Waals surface area contributed by atoms with E-state index in [0.717, 1.165) is 10.5 Å². The van der Waals surface area contributed by atoms with Crippen molar-refractivity contribution < 1.29 is 14.3 Å². The Kier molecular flexibility index (Phi) is 4.20. The minimum Gasteiger partial charge on any atom is -0.439 e. The lowest BCUT2D eigenvalue weighted by molar-refractivity contribution is -0.121. The lowest BCUT2D eigenvalue weighted by Gasteiger charge is -2.19. The summed E-state index contributed by atoms with van der Waals surface area (Å²) in [6.07, 6.45) is 2.04. The van der Waals surface area contributed by atoms with Gasteiger partial charge in [0.2, 0.25) is 5.88 Å². The quantitative estimate of drug-likeness (QED) is 0.862. The number of carbonyl (C=O) groups is 2. The zero-order chi connectivity index (χ0) is 18.2. The van der Waals surface area contributed by atoms with Gasteiger partial charge in [0, 0.05) is 12.3 Å². The number of aromatic nitrogens is 1. The van der Waals surface area contributed by atoms with Gasteiger partial charge in [0.25, 0.3) is 5.91 Å². The van der Waals surface area contributed by atoms with Gasteiger partial charge >= 0.3 is 6.03 Å². The number of benzene rings is 1. The number of amides is 3. The molecule has 3 amide bonds. The zero-order valence-corrected chi connectivity index (χ0v) is 14.8. The van der Waals surface area contributed by atoms with Crippen LogP contribution in [-0.2, 0) is 4.79 Å². The molecule has 1 N–H and O–H groups in total. The van der Waals surface area contributed by atoms with Crippen molar-refractivity contribution in [3.63, 3.8) is 0 Å². The second-order valence-corrected chi connectivity index (χ2v) is 6.46. The number of anilines is 1. The van der Waals surface area contributed by atoms with Gasteiger partial charge in [0.1, 0.15) is 11.3 Å². The van der Waals surface area contributed by atoms with Crippen LogP contribution in [0.5, 0.6) is 11.6 Å². The molecule has 1 fully saturated rings. The minimum absolute atomic E-state index is 0.275. The van der Waals surface area contributed by atoms with E-state index < -0.39 is 11.6 Å². The van der Waals surface area contributed by atoms with E-state index in [0.29, 0.717) is 23.7 Å². The Bertz CT molecular complexity index is 850. The lowest BCUT2D eigenvalue weighted by atomic mass is 9.99. The first-order chi connectivity index (χ1) is 11.8. The zero-order valence-electron chi connectivity index (χ0n) is 14.8. The number of carbonyl (C=O) groups excluding carboxylic acids is 2. The Morgan fingerprint density at radius 1 is 1.16 bits per heavy atom. The Morgan fingerprint density at radius 2 is 1.92 bits per heavy atom. The summed E-state index contributed by atoms with van der Waals surface area (Å²) in [5.74, 6) is 0.707. The Morgan fingerprint density at radius 3 is 2.56 bits per heavy atom. The standard InChI is InChI=1S/C19H21N3O3/c1-5-19(4)17(23)22(18(24)21-19)14-8-9-20-16(11-14)25-15-7-6-12(2)13(3)10-15/h6-11H,5H2,1-4H3,(H,21,24)/t19-/m1/s1. The van der Waals surface area contributed by atoms with E-state index in [-0.39, 0.29) is 5.91 Å². The molecule has 2 heterocycles. The molecule has 1 aromatic heterocycles. The summed E-state index contributed by atoms with van der Waals surface area (Å²) in [6, 6.07) is 8.53. The molecule has 1 aliphatic heterocycles. The van der Waals surface area contributed by atoms with E-state index >= 15 is 0 Å². The fourth-order valence-corrected chi connectivity index (χ4v) is 2.65. The molecule has 6 nitrogen and oxygen atoms in total. The van der Waals surface area contributed by atoms with Gasteiger partial charge in [-0.1, -0.05) is 13.0 Å². The van der Waals surface area contributed by atoms with Crippen LogP contribution in [0.15, 0.2) is 36.5 Å². The Labute approximate surface area is 146 Å². The summed E-state index contributed by atoms with van der Waals surface area (Å²) in [5.41, 5.74) is 1.84. The molecular formula is C19H21N3O3. The van der Waals surface area contributed by atoms with Crippen LogP contribution in [0.4, 0.5) is 10.5 Å². The molecule has 1 atom stereocenters. The molecule has 1 aromatic carbocycles. The first-order valence-corrected chi connectivity index (χ1v) is 8.22. The molecule has 1 saturated heterocycles. The van der Waals surface area contributed by atoms with Crippen LogP contribution in [-0.4, -0.2) is 22.5 Å². The van der Waals surface area contributed by atoms with Crippen LogP contribution in [0.25, 0.3) is 0 Å². The number of hydrogen-bond acceptors (Lipinski definition) is 4. The molecule has 2 aromatic rings. The monoisotopic (exact) mass is 339 g/mol. The average molecular weight is 339 g/mol. The first-order valence-electron chi connectivity index (χ1n) is 8.22. The van der Waals surface area contributed by atoms with Gasteiger partial charge in [0.05, 0.1) is 5.69 Å². The van der Waals surface area contributed by atoms with E-state index in [2.05, 4.69) is 10.3 Å². The van der Waals surface area contributed by atoms with Gasteiger partial charge in [-0.25, -0.2) is 14.7 Å². The van der Waals surface area contributed by atoms with Crippen LogP contribution < -0.4 is 15.0 Å². The molecule has 0 spiro atoms. The maximum absolute atomic E-state index is 12.6. The third kappa shape index (κ3) is 3.07. The molecule has 6 heteroatoms. The van der Waals surface area contributed by atoms with Crippen molar-refractivity contribution in [3.05, 3.63) is 47.7 Å². The van der Waals surface area contributed by atoms with Gasteiger partial charge in [-0.15, -0.1) is 0 Å². The molecule has 130 valence electrons. The van der Waals surface area contributed by atoms with E-state index in [9.17, 15) is 9.59 Å². The predicted octanol–water partition coefficient (Wildman–Crippen LogP) is 3.72. The highest BCUT2D eigenvalue weighted by atomic mass is 16.5. The van der Waals surface area contributed by atoms with Crippen molar-refractivity contribution in [1.29, 1.82) is 0 Å². The first kappa shape index (κ1) is 17.0. The van der Waals surface area contributed by atoms with E-state index in [1.165, 1.54) is 11.8 Å². The van der Waals surface area contributed by atoms with Crippen LogP contribution in [0, 0.1) is 13.8 Å². The van der Waals surface area contributed by atoms with Crippen LogP contribution in [0.2, 0.25) is 0 Å². The third-order valence-corrected chi connectivity index (χ3v) is 4.65. The Balaban J connectivity index is 1.88. The highest BCUT2D eigenvalue weighted by Crippen LogP contribution is 2.30. The van der Waals surface area contributed by atoms with Gasteiger partial charge in [-0.3, -0.25) is 4.79 Å². The fraction of sp³-hybridized carbons (Fsp3) is 0.316. The van der Waals surface area contributed by atoms with Crippen LogP contribution in [0.1, 0.15) is 31.4 Å². The second kappa shape index (κ2) is 6.20. The van der Waals surface area contributed by atoms with E-state index in [1.807, 2.05) is 39.0 Å². The molecule has 0 radical (unpaired) electrons. The highest BCUT2D eigenvalue weighted by Gasteiger charge is 2.47. The molecular weight excluding hydrogens is 318 g/mol. The van der Waals surface area contributed by atoms with Gasteiger partial charge < -0.3 is 10.1 Å². The van der Waals surface area contributed by atoms with Crippen molar-refractivity contribution in [2.24, 2.45) is 0 Å². The molecule has 3 rings (SSSR count). The van der Waals surface area contributed by atoms with Crippen molar-refractivity contribution in [2.75, 3.05) is 4.90 Å². The summed E-state index contributed by atoms with van der Waals surface area (Å²) in [6.45, 7) is 7.62. The number of pyridine rings is 1. The van der Waals surface area contributed by atoms with Gasteiger partial charge in [-0.2, -0.15) is 0 Å². The summed E-state index contributed by atoms with van der Waals surface area (Å²) >= 11 is 0. The number of aryl methyl sites for hydroxylation is 2. The summed E-state index contributed by atoms with van der Waals surface area (Å²) in [4.78, 5) is 30.2. The fourth-order valence-electron chi connectivity index (χ4n) is 2.65. The van der Waals surface area contributed by atoms with Crippen LogP contribution in [0.3, 0.4) is 0 Å². The topological polar surface area (TPSA) is 71.5 Å². The molecule has 0 bridgehead atoms. The number of ether oxygens (including phenoxy) is 1. The van der Waals surface area contributed by atoms with Crippen molar-refractivity contribution in [1.82, 2.24) is 10.3 Å². The molecule has 0 unspecified atom stereocenters. The van der Waals surface area contributed by atoms with Crippen LogP contribution >= 0.6 is 0 Å². The smallest absolute Gasteiger partial charge is 0.329 e. The van der Waals surface area contributed by atoms with E-state index in [1.54, 1.807) is 19.1 Å². The van der Waals surface area contributed by atoms with E-state index in [4.69, 9.17) is 4.74 Å². The molecule has 25 heavy (non-hydrogen) atoms. The van der Waals surface area contributed by atoms with Gasteiger partial charge in [0.15, 0.2) is 0 Å². The normalized spacial score (nSPS) is 19.9. The molecule has 0 saturated carbocycles. The number of rotatable bonds is 4. The average Bonchev–Trinajstić information content (AvgIpc) is 2.81.